The Morgan fingerprint density at radius 3 is 2.53 bits per heavy atom. The molecule has 0 aliphatic carbocycles. The van der Waals surface area contributed by atoms with E-state index in [2.05, 4.69) is 70.5 Å². The Hall–Kier alpha value is -1.63. The Morgan fingerprint density at radius 1 is 1.10 bits per heavy atom. The van der Waals surface area contributed by atoms with Crippen molar-refractivity contribution in [2.75, 3.05) is 46.4 Å². The van der Waals surface area contributed by atoms with Crippen LogP contribution in [0.25, 0.3) is 0 Å². The van der Waals surface area contributed by atoms with Crippen molar-refractivity contribution < 1.29 is 4.74 Å². The Bertz CT molecular complexity index is 684. The predicted molar refractivity (Wildman–Crippen MR) is 125 cm³/mol. The highest BCUT2D eigenvalue weighted by atomic mass is 16.5. The Kier molecular flexibility index (Phi) is 8.54. The molecule has 6 nitrogen and oxygen atoms in total. The number of benzene rings is 1. The molecule has 0 spiro atoms. The minimum Gasteiger partial charge on any atom is -0.379 e. The van der Waals surface area contributed by atoms with Crippen LogP contribution in [-0.4, -0.2) is 73.8 Å². The van der Waals surface area contributed by atoms with Crippen LogP contribution >= 0.6 is 0 Å². The fourth-order valence-electron chi connectivity index (χ4n) is 4.48. The topological polar surface area (TPSA) is 52.1 Å². The van der Waals surface area contributed by atoms with Crippen LogP contribution in [0.4, 0.5) is 0 Å². The summed E-state index contributed by atoms with van der Waals surface area (Å²) < 4.78 is 5.50. The van der Waals surface area contributed by atoms with Gasteiger partial charge in [0.25, 0.3) is 0 Å². The lowest BCUT2D eigenvalue weighted by molar-refractivity contribution is -0.00834. The highest BCUT2D eigenvalue weighted by Crippen LogP contribution is 2.21. The number of hydrogen-bond donors (Lipinski definition) is 2. The molecular weight excluding hydrogens is 374 g/mol. The molecule has 1 aromatic rings. The normalized spacial score (nSPS) is 22.1. The van der Waals surface area contributed by atoms with Crippen molar-refractivity contribution in [3.63, 3.8) is 0 Å². The molecule has 30 heavy (non-hydrogen) atoms. The number of nitrogens with one attached hydrogen (secondary N) is 2. The number of hydrogen-bond acceptors (Lipinski definition) is 4. The third-order valence-corrected chi connectivity index (χ3v) is 6.66. The van der Waals surface area contributed by atoms with Crippen LogP contribution in [0, 0.1) is 0 Å². The molecule has 0 aromatic heterocycles. The molecule has 1 unspecified atom stereocenters. The van der Waals surface area contributed by atoms with E-state index in [1.165, 1.54) is 36.9 Å². The van der Waals surface area contributed by atoms with E-state index in [0.29, 0.717) is 6.04 Å². The third kappa shape index (κ3) is 6.43. The van der Waals surface area contributed by atoms with Gasteiger partial charge >= 0.3 is 0 Å². The van der Waals surface area contributed by atoms with E-state index in [4.69, 9.17) is 4.74 Å². The van der Waals surface area contributed by atoms with Crippen LogP contribution in [0.5, 0.6) is 0 Å². The first-order valence-corrected chi connectivity index (χ1v) is 11.6. The summed E-state index contributed by atoms with van der Waals surface area (Å²) in [5.74, 6) is 0.859. The van der Waals surface area contributed by atoms with E-state index in [-0.39, 0.29) is 5.54 Å². The number of aliphatic imine (C=N–C) groups is 1. The molecule has 168 valence electrons. The molecule has 0 bridgehead atoms. The maximum absolute atomic E-state index is 5.50. The highest BCUT2D eigenvalue weighted by Gasteiger charge is 2.28. The van der Waals surface area contributed by atoms with E-state index in [9.17, 15) is 0 Å². The Balaban J connectivity index is 1.53. The number of ether oxygens (including phenoxy) is 1. The van der Waals surface area contributed by atoms with Gasteiger partial charge in [0.2, 0.25) is 0 Å². The van der Waals surface area contributed by atoms with E-state index >= 15 is 0 Å². The largest absolute Gasteiger partial charge is 0.379 e. The van der Waals surface area contributed by atoms with Gasteiger partial charge in [-0.15, -0.1) is 0 Å². The van der Waals surface area contributed by atoms with Gasteiger partial charge in [-0.2, -0.15) is 0 Å². The molecule has 3 rings (SSSR count). The number of morpholine rings is 1. The molecule has 0 amide bonds. The highest BCUT2D eigenvalue weighted by molar-refractivity contribution is 5.79. The quantitative estimate of drug-likeness (QED) is 0.530. The second-order valence-electron chi connectivity index (χ2n) is 9.28. The smallest absolute Gasteiger partial charge is 0.191 e. The zero-order valence-electron chi connectivity index (χ0n) is 19.4. The van der Waals surface area contributed by atoms with Gasteiger partial charge < -0.3 is 15.4 Å². The van der Waals surface area contributed by atoms with Crippen molar-refractivity contribution >= 4 is 5.96 Å². The predicted octanol–water partition coefficient (Wildman–Crippen LogP) is 2.84. The molecule has 2 fully saturated rings. The minimum absolute atomic E-state index is 0.0592. The lowest BCUT2D eigenvalue weighted by Crippen LogP contribution is -2.56. The minimum atomic E-state index is 0.0592. The third-order valence-electron chi connectivity index (χ3n) is 6.66. The molecule has 2 N–H and O–H groups in total. The van der Waals surface area contributed by atoms with Crippen LogP contribution in [0.1, 0.15) is 51.2 Å². The van der Waals surface area contributed by atoms with Gasteiger partial charge in [0.15, 0.2) is 5.96 Å². The maximum atomic E-state index is 5.50. The SMILES string of the molecule is CN=C(NCc1ccccc1CN1CCCCC1C)NCC(C)(C)N1CCOCC1. The molecule has 0 radical (unpaired) electrons. The van der Waals surface area contributed by atoms with Crippen LogP contribution in [0.15, 0.2) is 29.3 Å². The first-order valence-electron chi connectivity index (χ1n) is 11.6. The summed E-state index contributed by atoms with van der Waals surface area (Å²) in [5, 5.41) is 7.06. The molecule has 6 heteroatoms. The fourth-order valence-corrected chi connectivity index (χ4v) is 4.48. The van der Waals surface area contributed by atoms with Crippen molar-refractivity contribution in [1.82, 2.24) is 20.4 Å². The summed E-state index contributed by atoms with van der Waals surface area (Å²) >= 11 is 0. The monoisotopic (exact) mass is 415 g/mol. The van der Waals surface area contributed by atoms with Gasteiger partial charge in [-0.3, -0.25) is 14.8 Å². The van der Waals surface area contributed by atoms with Crippen LogP contribution in [-0.2, 0) is 17.8 Å². The maximum Gasteiger partial charge on any atom is 0.191 e. The lowest BCUT2D eigenvalue weighted by Gasteiger charge is -2.41. The number of guanidine groups is 1. The molecule has 0 saturated carbocycles. The van der Waals surface area contributed by atoms with Crippen LogP contribution < -0.4 is 10.6 Å². The summed E-state index contributed by atoms with van der Waals surface area (Å²) in [6, 6.07) is 9.48. The zero-order chi connectivity index (χ0) is 21.4. The first kappa shape index (κ1) is 23.0. The Labute approximate surface area is 183 Å². The van der Waals surface area contributed by atoms with Crippen molar-refractivity contribution in [3.8, 4) is 0 Å². The average molecular weight is 416 g/mol. The summed E-state index contributed by atoms with van der Waals surface area (Å²) in [6.45, 7) is 14.4. The Morgan fingerprint density at radius 2 is 1.83 bits per heavy atom. The van der Waals surface area contributed by atoms with E-state index < -0.39 is 0 Å². The molecule has 2 heterocycles. The number of nitrogens with zero attached hydrogens (tertiary/aromatic N) is 3. The second-order valence-corrected chi connectivity index (χ2v) is 9.28. The van der Waals surface area contributed by atoms with Crippen molar-refractivity contribution in [1.29, 1.82) is 0 Å². The van der Waals surface area contributed by atoms with Gasteiger partial charge in [0, 0.05) is 51.4 Å². The summed E-state index contributed by atoms with van der Waals surface area (Å²) in [6.07, 6.45) is 4.00. The second kappa shape index (κ2) is 11.1. The molecule has 1 atom stereocenters. The first-order chi connectivity index (χ1) is 14.5. The molecule has 2 aliphatic heterocycles. The number of rotatable bonds is 7. The van der Waals surface area contributed by atoms with Crippen LogP contribution in [0.3, 0.4) is 0 Å². The van der Waals surface area contributed by atoms with Crippen molar-refractivity contribution in [2.45, 2.75) is 64.7 Å². The van der Waals surface area contributed by atoms with Gasteiger partial charge in [-0.1, -0.05) is 30.7 Å². The summed E-state index contributed by atoms with van der Waals surface area (Å²) in [4.78, 5) is 9.57. The van der Waals surface area contributed by atoms with Crippen molar-refractivity contribution in [2.24, 2.45) is 4.99 Å². The van der Waals surface area contributed by atoms with Gasteiger partial charge in [0.05, 0.1) is 13.2 Å². The molecule has 1 aromatic carbocycles. The number of piperidine rings is 1. The molecular formula is C24H41N5O. The van der Waals surface area contributed by atoms with E-state index in [1.807, 2.05) is 7.05 Å². The zero-order valence-corrected chi connectivity index (χ0v) is 19.4. The van der Waals surface area contributed by atoms with Crippen LogP contribution in [0.2, 0.25) is 0 Å². The summed E-state index contributed by atoms with van der Waals surface area (Å²) in [5.41, 5.74) is 2.83. The van der Waals surface area contributed by atoms with Gasteiger partial charge in [-0.05, 0) is 51.3 Å². The van der Waals surface area contributed by atoms with Gasteiger partial charge in [0.1, 0.15) is 0 Å². The molecule has 2 aliphatic rings. The average Bonchev–Trinajstić information content (AvgIpc) is 2.77. The number of likely N-dealkylation sites (tertiary alicyclic amines) is 1. The fraction of sp³-hybridized carbons (Fsp3) is 0.708. The van der Waals surface area contributed by atoms with E-state index in [0.717, 1.165) is 51.9 Å². The standard InChI is InChI=1S/C24H41N5O/c1-20-9-7-8-12-28(20)18-22-11-6-5-10-21(22)17-26-23(25-4)27-19-24(2,3)29-13-15-30-16-14-29/h5-6,10-11,20H,7-9,12-19H2,1-4H3,(H2,25,26,27). The van der Waals surface area contributed by atoms with E-state index in [1.54, 1.807) is 0 Å². The lowest BCUT2D eigenvalue weighted by atomic mass is 10.0. The summed E-state index contributed by atoms with van der Waals surface area (Å²) in [7, 11) is 1.85. The molecule has 2 saturated heterocycles. The van der Waals surface area contributed by atoms with Gasteiger partial charge in [-0.25, -0.2) is 0 Å². The van der Waals surface area contributed by atoms with Crippen molar-refractivity contribution in [3.05, 3.63) is 35.4 Å².